The number of fused-ring (bicyclic) bond motifs is 2. The molecule has 9 heteroatoms. The highest BCUT2D eigenvalue weighted by Gasteiger charge is 2.21. The van der Waals surface area contributed by atoms with E-state index in [1.807, 2.05) is 42.5 Å². The van der Waals surface area contributed by atoms with Crippen LogP contribution in [0.1, 0.15) is 11.4 Å². The van der Waals surface area contributed by atoms with E-state index in [-0.39, 0.29) is 17.2 Å². The van der Waals surface area contributed by atoms with Crippen molar-refractivity contribution in [1.29, 1.82) is 0 Å². The van der Waals surface area contributed by atoms with Gasteiger partial charge in [-0.1, -0.05) is 0 Å². The second-order valence-corrected chi connectivity index (χ2v) is 7.70. The fourth-order valence-corrected chi connectivity index (χ4v) is 3.98. The summed E-state index contributed by atoms with van der Waals surface area (Å²) >= 11 is 0. The third-order valence-corrected chi connectivity index (χ3v) is 5.46. The number of nitrogens with one attached hydrogen (secondary N) is 1. The second kappa shape index (κ2) is 8.09. The molecule has 3 heterocycles. The van der Waals surface area contributed by atoms with Crippen LogP contribution in [0.2, 0.25) is 0 Å². The van der Waals surface area contributed by atoms with E-state index in [0.29, 0.717) is 47.6 Å². The second-order valence-electron chi connectivity index (χ2n) is 7.70. The first-order valence-corrected chi connectivity index (χ1v) is 10.5. The Kier molecular flexibility index (Phi) is 5.08. The van der Waals surface area contributed by atoms with E-state index in [0.717, 1.165) is 17.1 Å². The van der Waals surface area contributed by atoms with Crippen molar-refractivity contribution in [2.45, 2.75) is 13.8 Å². The van der Waals surface area contributed by atoms with Crippen LogP contribution in [0.15, 0.2) is 36.4 Å². The Balaban J connectivity index is 1.70. The molecule has 1 aliphatic heterocycles. The van der Waals surface area contributed by atoms with E-state index < -0.39 is 0 Å². The number of phenols is 1. The van der Waals surface area contributed by atoms with Crippen LogP contribution in [0.3, 0.4) is 0 Å². The maximum atomic E-state index is 10.4. The average molecular weight is 448 g/mol. The number of rotatable bonds is 5. The zero-order chi connectivity index (χ0) is 23.1. The van der Waals surface area contributed by atoms with Gasteiger partial charge < -0.3 is 29.4 Å². The van der Waals surface area contributed by atoms with Crippen molar-refractivity contribution in [3.05, 3.63) is 47.8 Å². The lowest BCUT2D eigenvalue weighted by molar-refractivity contribution is 0.171. The molecule has 0 aliphatic carbocycles. The fourth-order valence-electron chi connectivity index (χ4n) is 3.98. The van der Waals surface area contributed by atoms with Crippen LogP contribution in [0.25, 0.3) is 17.0 Å². The zero-order valence-electron chi connectivity index (χ0n) is 18.8. The molecule has 0 amide bonds. The maximum absolute atomic E-state index is 10.4. The van der Waals surface area contributed by atoms with E-state index in [1.165, 1.54) is 14.2 Å². The number of methoxy groups -OCH3 is 2. The monoisotopic (exact) mass is 448 g/mol. The summed E-state index contributed by atoms with van der Waals surface area (Å²) in [6.45, 7) is 4.97. The summed E-state index contributed by atoms with van der Waals surface area (Å²) in [4.78, 5) is 9.42. The van der Waals surface area contributed by atoms with Crippen LogP contribution in [-0.4, -0.2) is 46.9 Å². The van der Waals surface area contributed by atoms with Crippen molar-refractivity contribution >= 4 is 17.3 Å². The summed E-state index contributed by atoms with van der Waals surface area (Å²) in [7, 11) is 2.98. The lowest BCUT2D eigenvalue weighted by Gasteiger charge is -2.19. The number of nitrogens with zero attached hydrogens (tertiary/aromatic N) is 3. The number of benzene rings is 2. The quantitative estimate of drug-likeness (QED) is 0.468. The van der Waals surface area contributed by atoms with Crippen molar-refractivity contribution in [2.24, 2.45) is 0 Å². The van der Waals surface area contributed by atoms with Crippen LogP contribution < -0.4 is 24.3 Å². The molecule has 0 saturated heterocycles. The van der Waals surface area contributed by atoms with Gasteiger partial charge in [-0.15, -0.1) is 0 Å². The Hall–Kier alpha value is -4.14. The van der Waals surface area contributed by atoms with Gasteiger partial charge >= 0.3 is 0 Å². The van der Waals surface area contributed by atoms with Gasteiger partial charge in [0.15, 0.2) is 23.0 Å². The third-order valence-electron chi connectivity index (χ3n) is 5.46. The van der Waals surface area contributed by atoms with Crippen molar-refractivity contribution in [1.82, 2.24) is 14.4 Å². The molecule has 2 aromatic carbocycles. The summed E-state index contributed by atoms with van der Waals surface area (Å²) in [5.41, 5.74) is 3.96. The zero-order valence-corrected chi connectivity index (χ0v) is 18.8. The van der Waals surface area contributed by atoms with Gasteiger partial charge in [0, 0.05) is 28.7 Å². The lowest BCUT2D eigenvalue weighted by atomic mass is 10.1. The third kappa shape index (κ3) is 3.61. The summed E-state index contributed by atoms with van der Waals surface area (Å²) in [5.74, 6) is 3.15. The molecule has 5 rings (SSSR count). The molecule has 0 unspecified atom stereocenters. The Morgan fingerprint density at radius 1 is 0.939 bits per heavy atom. The predicted molar refractivity (Wildman–Crippen MR) is 123 cm³/mol. The first kappa shape index (κ1) is 20.7. The normalized spacial score (nSPS) is 12.6. The largest absolute Gasteiger partial charge is 0.502 e. The standard InChI is InChI=1S/C24H24N4O5/c1-13-9-14(2)28-23(26-16-5-6-17-18(12-16)33-8-7-32-17)21(27-24(28)25-13)15-10-19(30-3)22(29)20(11-15)31-4/h5-6,9-12,26,29H,7-8H2,1-4H3. The van der Waals surface area contributed by atoms with Gasteiger partial charge in [-0.2, -0.15) is 0 Å². The molecule has 0 fully saturated rings. The van der Waals surface area contributed by atoms with Gasteiger partial charge in [0.1, 0.15) is 24.7 Å². The lowest BCUT2D eigenvalue weighted by Crippen LogP contribution is -2.15. The Bertz CT molecular complexity index is 1340. The van der Waals surface area contributed by atoms with Gasteiger partial charge in [-0.3, -0.25) is 4.40 Å². The number of aryl methyl sites for hydroxylation is 2. The van der Waals surface area contributed by atoms with Gasteiger partial charge in [-0.25, -0.2) is 9.97 Å². The van der Waals surface area contributed by atoms with Crippen molar-refractivity contribution in [3.8, 4) is 40.0 Å². The summed E-state index contributed by atoms with van der Waals surface area (Å²) in [6.07, 6.45) is 0. The van der Waals surface area contributed by atoms with Crippen LogP contribution in [0.5, 0.6) is 28.7 Å². The average Bonchev–Trinajstić information content (AvgIpc) is 3.17. The van der Waals surface area contributed by atoms with E-state index >= 15 is 0 Å². The number of hydrogen-bond acceptors (Lipinski definition) is 8. The number of imidazole rings is 1. The molecule has 2 aromatic heterocycles. The van der Waals surface area contributed by atoms with E-state index in [4.69, 9.17) is 23.9 Å². The summed E-state index contributed by atoms with van der Waals surface area (Å²) in [6, 6.07) is 11.1. The highest BCUT2D eigenvalue weighted by molar-refractivity contribution is 5.82. The minimum atomic E-state index is -0.0704. The number of anilines is 2. The molecule has 33 heavy (non-hydrogen) atoms. The minimum Gasteiger partial charge on any atom is -0.502 e. The van der Waals surface area contributed by atoms with Gasteiger partial charge in [0.05, 0.1) is 14.2 Å². The van der Waals surface area contributed by atoms with Gasteiger partial charge in [0.2, 0.25) is 11.5 Å². The molecular weight excluding hydrogens is 424 g/mol. The molecule has 0 bridgehead atoms. The molecule has 9 nitrogen and oxygen atoms in total. The fraction of sp³-hybridized carbons (Fsp3) is 0.250. The number of aromatic hydroxyl groups is 1. The first-order chi connectivity index (χ1) is 16.0. The Morgan fingerprint density at radius 3 is 2.33 bits per heavy atom. The topological polar surface area (TPSA) is 99.4 Å². The van der Waals surface area contributed by atoms with Crippen LogP contribution in [0.4, 0.5) is 11.5 Å². The Morgan fingerprint density at radius 2 is 1.64 bits per heavy atom. The molecule has 1 aliphatic rings. The molecule has 4 aromatic rings. The van der Waals surface area contributed by atoms with Gasteiger partial charge in [0.25, 0.3) is 0 Å². The van der Waals surface area contributed by atoms with Crippen LogP contribution in [0, 0.1) is 13.8 Å². The molecule has 0 atom stereocenters. The maximum Gasteiger partial charge on any atom is 0.236 e. The number of hydrogen-bond donors (Lipinski definition) is 2. The predicted octanol–water partition coefficient (Wildman–Crippen LogP) is 4.25. The highest BCUT2D eigenvalue weighted by Crippen LogP contribution is 2.43. The van der Waals surface area contributed by atoms with Crippen LogP contribution in [-0.2, 0) is 0 Å². The first-order valence-electron chi connectivity index (χ1n) is 10.5. The summed E-state index contributed by atoms with van der Waals surface area (Å²) in [5, 5.41) is 13.8. The van der Waals surface area contributed by atoms with E-state index in [1.54, 1.807) is 12.1 Å². The number of phenolic OH excluding ortho intramolecular Hbond substituents is 1. The van der Waals surface area contributed by atoms with Gasteiger partial charge in [-0.05, 0) is 44.2 Å². The molecule has 0 saturated carbocycles. The van der Waals surface area contributed by atoms with Crippen LogP contribution >= 0.6 is 0 Å². The number of ether oxygens (including phenoxy) is 4. The molecular formula is C24H24N4O5. The van der Waals surface area contributed by atoms with E-state index in [2.05, 4.69) is 10.3 Å². The summed E-state index contributed by atoms with van der Waals surface area (Å²) < 4.78 is 24.0. The van der Waals surface area contributed by atoms with Crippen molar-refractivity contribution in [2.75, 3.05) is 32.8 Å². The van der Waals surface area contributed by atoms with E-state index in [9.17, 15) is 5.11 Å². The minimum absolute atomic E-state index is 0.0704. The number of aromatic nitrogens is 3. The smallest absolute Gasteiger partial charge is 0.236 e. The Labute approximate surface area is 190 Å². The molecule has 0 spiro atoms. The molecule has 0 radical (unpaired) electrons. The van der Waals surface area contributed by atoms with Crippen molar-refractivity contribution in [3.63, 3.8) is 0 Å². The highest BCUT2D eigenvalue weighted by atomic mass is 16.6. The van der Waals surface area contributed by atoms with Crippen molar-refractivity contribution < 1.29 is 24.1 Å². The molecule has 2 N–H and O–H groups in total. The molecule has 170 valence electrons. The SMILES string of the molecule is COc1cc(-c2nc3nc(C)cc(C)n3c2Nc2ccc3c(c2)OCCO3)cc(OC)c1O.